The van der Waals surface area contributed by atoms with E-state index >= 15 is 0 Å². The third-order valence-electron chi connectivity index (χ3n) is 25.5. The van der Waals surface area contributed by atoms with Gasteiger partial charge in [-0.3, -0.25) is 19.2 Å². The molecule has 11 fully saturated rings. The normalized spacial score (nSPS) is 48.9. The molecular weight excluding hydrogens is 1910 g/mol. The van der Waals surface area contributed by atoms with Gasteiger partial charge in [0.25, 0.3) is 5.79 Å². The van der Waals surface area contributed by atoms with Gasteiger partial charge in [0.05, 0.1) is 78.3 Å². The van der Waals surface area contributed by atoms with Crippen LogP contribution in [-0.4, -0.2) is 602 Å². The van der Waals surface area contributed by atoms with Gasteiger partial charge in [0, 0.05) is 34.1 Å². The number of carbonyl (C=O) groups is 5. The smallest absolute Gasteiger partial charge is 0.364 e. The summed E-state index contributed by atoms with van der Waals surface area (Å²) >= 11 is 0. The molecule has 11 aliphatic heterocycles. The lowest BCUT2D eigenvalue weighted by Crippen LogP contribution is -2.71. The van der Waals surface area contributed by atoms with Crippen molar-refractivity contribution in [2.75, 3.05) is 66.1 Å². The Labute approximate surface area is 785 Å². The average Bonchev–Trinajstić information content (AvgIpc) is 0.768. The van der Waals surface area contributed by atoms with Crippen molar-refractivity contribution in [3.8, 4) is 0 Å². The fourth-order valence-corrected chi connectivity index (χ4v) is 17.8. The van der Waals surface area contributed by atoms with Crippen LogP contribution < -0.4 is 21.3 Å². The molecule has 0 aromatic rings. The minimum atomic E-state index is -3.12. The van der Waals surface area contributed by atoms with Crippen LogP contribution in [0.1, 0.15) is 41.0 Å². The molecule has 139 heavy (non-hydrogen) atoms. The van der Waals surface area contributed by atoms with Gasteiger partial charge in [-0.1, -0.05) is 0 Å². The number of nitrogens with one attached hydrogen (secondary N) is 4. The second kappa shape index (κ2) is 49.4. The lowest BCUT2D eigenvalue weighted by atomic mass is 9.90. The summed E-state index contributed by atoms with van der Waals surface area (Å²) in [5.41, 5.74) is 0. The van der Waals surface area contributed by atoms with E-state index in [9.17, 15) is 187 Å². The molecule has 0 aromatic heterocycles. The number of hydrogen-bond donors (Lipinski definition) is 36. The van der Waals surface area contributed by atoms with Gasteiger partial charge in [-0.15, -0.1) is 0 Å². The highest BCUT2D eigenvalue weighted by Crippen LogP contribution is 2.43. The number of amides is 4. The maximum absolute atomic E-state index is 13.4. The van der Waals surface area contributed by atoms with Crippen molar-refractivity contribution in [3.05, 3.63) is 0 Å². The Bertz CT molecular complexity index is 3880. The monoisotopic (exact) mass is 2040 g/mol. The molecule has 0 spiro atoms. The highest BCUT2D eigenvalue weighted by Gasteiger charge is 2.64. The molecule has 36 N–H and O–H groups in total. The Hall–Kier alpha value is -4.73. The number of aliphatic hydroxyl groups excluding tert-OH is 31. The van der Waals surface area contributed by atoms with E-state index in [1.165, 1.54) is 6.92 Å². The number of carboxylic acids is 1. The van der Waals surface area contributed by atoms with Crippen molar-refractivity contribution in [2.45, 2.75) is 384 Å². The van der Waals surface area contributed by atoms with E-state index in [0.717, 1.165) is 27.7 Å². The third kappa shape index (κ3) is 25.3. The van der Waals surface area contributed by atoms with E-state index in [-0.39, 0.29) is 0 Å². The summed E-state index contributed by atoms with van der Waals surface area (Å²) in [4.78, 5) is 65.0. The van der Waals surface area contributed by atoms with Crippen LogP contribution in [0.4, 0.5) is 0 Å². The summed E-state index contributed by atoms with van der Waals surface area (Å²) in [6, 6.07) is -7.99. The van der Waals surface area contributed by atoms with Gasteiger partial charge in [0.1, 0.15) is 262 Å². The Morgan fingerprint density at radius 2 is 0.633 bits per heavy atom. The van der Waals surface area contributed by atoms with E-state index in [0.29, 0.717) is 0 Å². The molecule has 0 bridgehead atoms. The molecule has 0 radical (unpaired) electrons. The van der Waals surface area contributed by atoms with Crippen LogP contribution in [0.25, 0.3) is 0 Å². The molecule has 4 amide bonds. The van der Waals surface area contributed by atoms with Crippen molar-refractivity contribution in [1.29, 1.82) is 0 Å². The maximum atomic E-state index is 13.4. The number of aliphatic hydroxyl groups is 31. The lowest BCUT2D eigenvalue weighted by molar-refractivity contribution is -0.399. The molecular formula is C77H128N4O58. The second-order valence-electron chi connectivity index (χ2n) is 35.3. The largest absolute Gasteiger partial charge is 0.477 e. The third-order valence-corrected chi connectivity index (χ3v) is 25.5. The Morgan fingerprint density at radius 1 is 0.309 bits per heavy atom. The average molecular weight is 2040 g/mol. The number of ether oxygens (including phenoxy) is 21. The predicted molar refractivity (Wildman–Crippen MR) is 425 cm³/mol. The first-order valence-electron chi connectivity index (χ1n) is 44.1. The van der Waals surface area contributed by atoms with Crippen LogP contribution in [-0.2, 0) is 123 Å². The van der Waals surface area contributed by atoms with Gasteiger partial charge in [-0.25, -0.2) is 4.79 Å². The number of carbonyl (C=O) groups excluding carboxylic acids is 4. The molecule has 11 heterocycles. The summed E-state index contributed by atoms with van der Waals surface area (Å²) in [5, 5.41) is 366. The first-order valence-corrected chi connectivity index (χ1v) is 44.1. The first kappa shape index (κ1) is 115. The van der Waals surface area contributed by atoms with Crippen molar-refractivity contribution in [3.63, 3.8) is 0 Å². The van der Waals surface area contributed by atoms with Crippen LogP contribution in [0.15, 0.2) is 0 Å². The zero-order chi connectivity index (χ0) is 103. The maximum Gasteiger partial charge on any atom is 0.364 e. The number of rotatable bonds is 37. The number of aliphatic carboxylic acids is 1. The molecule has 56 atom stereocenters. The predicted octanol–water partition coefficient (Wildman–Crippen LogP) is -24.2. The number of hydrogen-bond acceptors (Lipinski definition) is 57. The highest BCUT2D eigenvalue weighted by atomic mass is 16.8. The van der Waals surface area contributed by atoms with Crippen molar-refractivity contribution in [1.82, 2.24) is 21.3 Å². The molecule has 11 saturated heterocycles. The van der Waals surface area contributed by atoms with Crippen molar-refractivity contribution >= 4 is 29.6 Å². The fourth-order valence-electron chi connectivity index (χ4n) is 17.8. The van der Waals surface area contributed by atoms with Gasteiger partial charge < -0.3 is 284 Å². The van der Waals surface area contributed by atoms with Gasteiger partial charge in [-0.05, 0) is 6.92 Å². The summed E-state index contributed by atoms with van der Waals surface area (Å²) in [6.07, 6.45) is -112. The quantitative estimate of drug-likeness (QED) is 0.0275. The summed E-state index contributed by atoms with van der Waals surface area (Å²) in [6.45, 7) is -6.92. The summed E-state index contributed by atoms with van der Waals surface area (Å²) in [5.74, 6) is -9.15. The molecule has 62 nitrogen and oxygen atoms in total. The van der Waals surface area contributed by atoms with Crippen LogP contribution in [0.5, 0.6) is 0 Å². The van der Waals surface area contributed by atoms with E-state index in [2.05, 4.69) is 21.3 Å². The first-order chi connectivity index (χ1) is 65.5. The molecule has 11 rings (SSSR count). The van der Waals surface area contributed by atoms with Gasteiger partial charge >= 0.3 is 5.97 Å². The second-order valence-corrected chi connectivity index (χ2v) is 35.3. The standard InChI is InChI=1S/C77H128N4O58/c1-17-37(95)49(107)54(112)70(122-17)119-15-32-61(45(103)33(66(116)123-32)78-18(2)89)132-67-34(79-19(3)90)46(104)60(29(13-88)127-67)135-73-57(115)62(44(102)30(130-73)14-120-74-64(52(110)41(99)25(9-84)125-74)137-68-35(80-20(4)91)47(105)58(27(11-86)128-68)133-71-55(113)50(108)40(98)24(8-83)124-71)136-75-65(53(111)42(100)26(10-85)126-75)138-69-36(81-21(5)92)48(106)59(28(12-87)129-69)134-72-56(114)51(109)43(101)31(131-72)16-121-77(76(117)118)6-22(93)38(96)63(139-77)39(97)23(94)7-82/h17,22-75,82-88,93-116H,6-16H2,1-5H3,(H,78,89)(H,79,90)(H,80,91)(H,81,92)(H,117,118)/t17-,22-,23+,24+,25+,26+,27+,28+,29+,30+,31+,32+,33+,34+,35+,36-,37+,38+,39+,40-,41+,42+,43-,44+,45+,46+,47+,48+,49+,50-,51-,52-,53-,54-,55+,56+,57-,58+,59+,60+,61+,62-,63+,64-,65-,66+,67-,68-,69-,70+,71-,72-,73-,74-,75+,77+/m0/s1. The minimum absolute atomic E-state index is 0.849. The Morgan fingerprint density at radius 3 is 1.06 bits per heavy atom. The zero-order valence-electron chi connectivity index (χ0n) is 74.5. The lowest BCUT2D eigenvalue weighted by Gasteiger charge is -2.51. The van der Waals surface area contributed by atoms with Crippen molar-refractivity contribution in [2.24, 2.45) is 0 Å². The van der Waals surface area contributed by atoms with Crippen LogP contribution in [0.3, 0.4) is 0 Å². The van der Waals surface area contributed by atoms with E-state index in [1.54, 1.807) is 0 Å². The zero-order valence-corrected chi connectivity index (χ0v) is 74.5. The minimum Gasteiger partial charge on any atom is -0.477 e. The SMILES string of the molecule is CC(=O)N[C@@H]1[C@H](O[C@@H]2[C@@H](O[C@@H]3[C@H](O)[C@H](O[C@H]4[C@H](O)[C@@H](NC(C)=O)[C@H](O[C@H]5[C@H](O)[C@@H](NC(C)=O)[C@H](O)O[C@@H]5CO[C@@H]5O[C@@H](C)[C@@H](O)[C@@H](O)[C@@H]5O)O[C@@H]4CO)O[C@H](CO[C@H]4O[C@H](CO)[C@@H](O)[C@H](O)[C@@H]4O[C@@H]4O[C@H](CO)[C@@H](O[C@@H]5O[C@H](CO)[C@H](O)[C@H](O)[C@H]5O)[C@H](O)[C@H]4NC(C)=O)[C@H]3O)O[C@H](CO)[C@@H](O)[C@@H]2O)O[C@H](CO)[C@@H](O[C@@H]2O[C@H](CO[C@]3(C(=O)O)C[C@H](O)[C@@H](O)[C@H]([C@H](O)[C@H](O)CO)O3)[C@H](O)[C@H](O)[C@H]2O)[C@@H]1O. The molecule has 0 saturated carbocycles. The van der Waals surface area contributed by atoms with Crippen LogP contribution in [0, 0.1) is 0 Å². The molecule has 0 aromatic carbocycles. The number of carboxylic acid groups (broad SMARTS) is 1. The molecule has 804 valence electrons. The Kier molecular flexibility index (Phi) is 40.7. The molecule has 62 heteroatoms. The van der Waals surface area contributed by atoms with Gasteiger partial charge in [-0.2, -0.15) is 0 Å². The van der Waals surface area contributed by atoms with Crippen LogP contribution >= 0.6 is 0 Å². The van der Waals surface area contributed by atoms with Crippen molar-refractivity contribution < 1.29 is 287 Å². The molecule has 0 aliphatic carbocycles. The van der Waals surface area contributed by atoms with E-state index < -0.39 is 445 Å². The van der Waals surface area contributed by atoms with Gasteiger partial charge in [0.15, 0.2) is 62.9 Å². The topological polar surface area (TPSA) is 975 Å². The van der Waals surface area contributed by atoms with Crippen LogP contribution in [0.2, 0.25) is 0 Å². The van der Waals surface area contributed by atoms with Gasteiger partial charge in [0.2, 0.25) is 23.6 Å². The summed E-state index contributed by atoms with van der Waals surface area (Å²) in [7, 11) is 0. The van der Waals surface area contributed by atoms with E-state index in [1.807, 2.05) is 0 Å². The van der Waals surface area contributed by atoms with E-state index in [4.69, 9.17) is 99.5 Å². The highest BCUT2D eigenvalue weighted by molar-refractivity contribution is 5.76. The fraction of sp³-hybridized carbons (Fsp3) is 0.935. The Balaban J connectivity index is 0.909. The summed E-state index contributed by atoms with van der Waals surface area (Å²) < 4.78 is 124. The molecule has 11 aliphatic rings. The molecule has 0 unspecified atom stereocenters.